The lowest BCUT2D eigenvalue weighted by Gasteiger charge is -2.10. The molecule has 0 saturated carbocycles. The van der Waals surface area contributed by atoms with Crippen LogP contribution in [0.4, 0.5) is 0 Å². The van der Waals surface area contributed by atoms with Gasteiger partial charge in [-0.2, -0.15) is 0 Å². The lowest BCUT2D eigenvalue weighted by atomic mass is 9.99. The molecule has 0 amide bonds. The van der Waals surface area contributed by atoms with E-state index < -0.39 is 5.97 Å². The van der Waals surface area contributed by atoms with Crippen LogP contribution in [0.2, 0.25) is 0 Å². The van der Waals surface area contributed by atoms with Crippen molar-refractivity contribution in [3.8, 4) is 17.0 Å². The molecular formula is C21H18N4O3S. The first kappa shape index (κ1) is 18.9. The number of carbonyl (C=O) groups is 1. The quantitative estimate of drug-likeness (QED) is 0.484. The van der Waals surface area contributed by atoms with Gasteiger partial charge in [0, 0.05) is 6.54 Å². The molecule has 0 saturated heterocycles. The fourth-order valence-electron chi connectivity index (χ4n) is 3.35. The maximum atomic E-state index is 11.5. The molecule has 0 fully saturated rings. The SMILES string of the molecule is CSc1nnc(O)c2c1nc(C)n2Cc1ccc(-c2ccccc2C(=O)O)cc1. The molecule has 2 heterocycles. The number of thioether (sulfide) groups is 1. The number of hydrogen-bond donors (Lipinski definition) is 2. The van der Waals surface area contributed by atoms with E-state index in [1.807, 2.05) is 48.1 Å². The summed E-state index contributed by atoms with van der Waals surface area (Å²) in [6.45, 7) is 2.37. The molecule has 8 heteroatoms. The third-order valence-electron chi connectivity index (χ3n) is 4.76. The molecule has 29 heavy (non-hydrogen) atoms. The molecule has 2 aromatic carbocycles. The first-order valence-electron chi connectivity index (χ1n) is 8.87. The van der Waals surface area contributed by atoms with Gasteiger partial charge in [-0.3, -0.25) is 0 Å². The van der Waals surface area contributed by atoms with Gasteiger partial charge in [-0.25, -0.2) is 9.78 Å². The van der Waals surface area contributed by atoms with Crippen LogP contribution < -0.4 is 0 Å². The number of carboxylic acids is 1. The van der Waals surface area contributed by atoms with E-state index in [4.69, 9.17) is 0 Å². The standard InChI is InChI=1S/C21H18N4O3S/c1-12-22-17-18(19(26)23-24-20(17)29-2)25(12)11-13-7-9-14(10-8-13)15-5-3-4-6-16(15)21(27)28/h3-10H,11H2,1-2H3,(H,23,26)(H,27,28). The molecule has 0 radical (unpaired) electrons. The molecule has 0 aliphatic rings. The number of benzene rings is 2. The van der Waals surface area contributed by atoms with Gasteiger partial charge >= 0.3 is 5.97 Å². The number of imidazole rings is 1. The van der Waals surface area contributed by atoms with Crippen LogP contribution in [0.3, 0.4) is 0 Å². The van der Waals surface area contributed by atoms with Crippen LogP contribution >= 0.6 is 11.8 Å². The largest absolute Gasteiger partial charge is 0.491 e. The summed E-state index contributed by atoms with van der Waals surface area (Å²) in [6, 6.07) is 14.6. The van der Waals surface area contributed by atoms with Gasteiger partial charge in [0.15, 0.2) is 0 Å². The summed E-state index contributed by atoms with van der Waals surface area (Å²) in [6.07, 6.45) is 1.89. The normalized spacial score (nSPS) is 11.1. The summed E-state index contributed by atoms with van der Waals surface area (Å²) in [5.41, 5.74) is 3.96. The van der Waals surface area contributed by atoms with E-state index in [9.17, 15) is 15.0 Å². The molecule has 2 aromatic heterocycles. The minimum absolute atomic E-state index is 0.148. The van der Waals surface area contributed by atoms with E-state index in [2.05, 4.69) is 15.2 Å². The first-order chi connectivity index (χ1) is 14.0. The van der Waals surface area contributed by atoms with Crippen molar-refractivity contribution in [1.82, 2.24) is 19.7 Å². The van der Waals surface area contributed by atoms with Crippen molar-refractivity contribution in [2.45, 2.75) is 18.5 Å². The fourth-order valence-corrected chi connectivity index (χ4v) is 3.81. The average Bonchev–Trinajstić information content (AvgIpc) is 3.06. The summed E-state index contributed by atoms with van der Waals surface area (Å²) in [7, 11) is 0. The second kappa shape index (κ2) is 7.56. The number of fused-ring (bicyclic) bond motifs is 1. The Morgan fingerprint density at radius 2 is 1.83 bits per heavy atom. The van der Waals surface area contributed by atoms with Crippen molar-refractivity contribution in [3.05, 3.63) is 65.5 Å². The van der Waals surface area contributed by atoms with Gasteiger partial charge in [-0.1, -0.05) is 42.5 Å². The predicted molar refractivity (Wildman–Crippen MR) is 111 cm³/mol. The second-order valence-corrected chi connectivity index (χ2v) is 7.32. The number of rotatable bonds is 5. The third kappa shape index (κ3) is 3.42. The predicted octanol–water partition coefficient (Wildman–Crippen LogP) is 3.98. The van der Waals surface area contributed by atoms with Crippen molar-refractivity contribution in [3.63, 3.8) is 0 Å². The summed E-state index contributed by atoms with van der Waals surface area (Å²) < 4.78 is 1.90. The third-order valence-corrected chi connectivity index (χ3v) is 5.43. The van der Waals surface area contributed by atoms with E-state index in [-0.39, 0.29) is 11.4 Å². The highest BCUT2D eigenvalue weighted by Crippen LogP contribution is 2.30. The van der Waals surface area contributed by atoms with Crippen LogP contribution in [0.25, 0.3) is 22.2 Å². The molecule has 0 aliphatic carbocycles. The summed E-state index contributed by atoms with van der Waals surface area (Å²) in [4.78, 5) is 16.0. The topological polar surface area (TPSA) is 101 Å². The van der Waals surface area contributed by atoms with E-state index in [1.54, 1.807) is 18.2 Å². The van der Waals surface area contributed by atoms with Crippen LogP contribution in [0, 0.1) is 6.92 Å². The molecular weight excluding hydrogens is 388 g/mol. The van der Waals surface area contributed by atoms with E-state index in [0.29, 0.717) is 28.2 Å². The Hall–Kier alpha value is -3.39. The van der Waals surface area contributed by atoms with Crippen molar-refractivity contribution >= 4 is 28.8 Å². The van der Waals surface area contributed by atoms with Crippen LogP contribution in [0.1, 0.15) is 21.7 Å². The Morgan fingerprint density at radius 1 is 1.10 bits per heavy atom. The molecule has 4 aromatic rings. The number of hydrogen-bond acceptors (Lipinski definition) is 6. The van der Waals surface area contributed by atoms with Gasteiger partial charge < -0.3 is 14.8 Å². The number of aromatic carboxylic acids is 1. The zero-order valence-corrected chi connectivity index (χ0v) is 16.6. The van der Waals surface area contributed by atoms with E-state index >= 15 is 0 Å². The molecule has 7 nitrogen and oxygen atoms in total. The molecule has 4 rings (SSSR count). The molecule has 0 unspecified atom stereocenters. The van der Waals surface area contributed by atoms with Gasteiger partial charge in [-0.15, -0.1) is 22.0 Å². The molecule has 0 atom stereocenters. The van der Waals surface area contributed by atoms with Gasteiger partial charge in [0.1, 0.15) is 21.9 Å². The number of aromatic nitrogens is 4. The maximum Gasteiger partial charge on any atom is 0.336 e. The van der Waals surface area contributed by atoms with E-state index in [0.717, 1.165) is 17.0 Å². The average molecular weight is 406 g/mol. The van der Waals surface area contributed by atoms with Crippen molar-refractivity contribution in [2.24, 2.45) is 0 Å². The van der Waals surface area contributed by atoms with Gasteiger partial charge in [0.2, 0.25) is 0 Å². The molecule has 146 valence electrons. The summed E-state index contributed by atoms with van der Waals surface area (Å²) >= 11 is 1.43. The Kier molecular flexibility index (Phi) is 4.94. The molecule has 0 bridgehead atoms. The highest BCUT2D eigenvalue weighted by molar-refractivity contribution is 7.98. The van der Waals surface area contributed by atoms with E-state index in [1.165, 1.54) is 11.8 Å². The Labute approximate surface area is 171 Å². The summed E-state index contributed by atoms with van der Waals surface area (Å²) in [5, 5.41) is 28.1. The van der Waals surface area contributed by atoms with Crippen LogP contribution in [-0.4, -0.2) is 42.2 Å². The smallest absolute Gasteiger partial charge is 0.336 e. The zero-order chi connectivity index (χ0) is 20.5. The van der Waals surface area contributed by atoms with Crippen LogP contribution in [0.5, 0.6) is 5.88 Å². The maximum absolute atomic E-state index is 11.5. The van der Waals surface area contributed by atoms with Gasteiger partial charge in [0.25, 0.3) is 5.88 Å². The Bertz CT molecular complexity index is 1220. The molecule has 0 spiro atoms. The minimum Gasteiger partial charge on any atom is -0.491 e. The zero-order valence-electron chi connectivity index (χ0n) is 15.8. The first-order valence-corrected chi connectivity index (χ1v) is 10.1. The highest BCUT2D eigenvalue weighted by Gasteiger charge is 2.17. The van der Waals surface area contributed by atoms with Crippen LogP contribution in [0.15, 0.2) is 53.6 Å². The highest BCUT2D eigenvalue weighted by atomic mass is 32.2. The summed E-state index contributed by atoms with van der Waals surface area (Å²) in [5.74, 6) is -0.350. The molecule has 0 aliphatic heterocycles. The Morgan fingerprint density at radius 3 is 2.52 bits per heavy atom. The van der Waals surface area contributed by atoms with Gasteiger partial charge in [0.05, 0.1) is 5.56 Å². The van der Waals surface area contributed by atoms with Gasteiger partial charge in [-0.05, 0) is 35.9 Å². The molecule has 2 N–H and O–H groups in total. The monoisotopic (exact) mass is 406 g/mol. The number of aromatic hydroxyl groups is 1. The lowest BCUT2D eigenvalue weighted by molar-refractivity contribution is 0.0697. The fraction of sp³-hybridized carbons (Fsp3) is 0.143. The minimum atomic E-state index is -0.952. The van der Waals surface area contributed by atoms with Crippen molar-refractivity contribution in [1.29, 1.82) is 0 Å². The number of nitrogens with zero attached hydrogens (tertiary/aromatic N) is 4. The second-order valence-electron chi connectivity index (χ2n) is 6.52. The number of carboxylic acid groups (broad SMARTS) is 1. The van der Waals surface area contributed by atoms with Crippen molar-refractivity contribution in [2.75, 3.05) is 6.26 Å². The van der Waals surface area contributed by atoms with Crippen molar-refractivity contribution < 1.29 is 15.0 Å². The lowest BCUT2D eigenvalue weighted by Crippen LogP contribution is -2.03. The van der Waals surface area contributed by atoms with Crippen LogP contribution in [-0.2, 0) is 6.54 Å². The number of aryl methyl sites for hydroxylation is 1. The Balaban J connectivity index is 1.71.